The molecule has 0 aliphatic carbocycles. The van der Waals surface area contributed by atoms with Crippen molar-refractivity contribution in [2.75, 3.05) is 6.54 Å². The molecule has 2 heterocycles. The van der Waals surface area contributed by atoms with Gasteiger partial charge in [-0.1, -0.05) is 18.2 Å². The first-order valence-corrected chi connectivity index (χ1v) is 6.95. The summed E-state index contributed by atoms with van der Waals surface area (Å²) in [5, 5.41) is 4.14. The maximum atomic E-state index is 5.80. The summed E-state index contributed by atoms with van der Waals surface area (Å²) in [5.41, 5.74) is 1.02. The molecule has 96 valence electrons. The molecule has 0 saturated heterocycles. The number of furan rings is 1. The second-order valence-corrected chi connectivity index (χ2v) is 5.20. The fraction of sp³-hybridized carbons (Fsp3) is 0.133. The van der Waals surface area contributed by atoms with E-state index in [2.05, 4.69) is 22.9 Å². The van der Waals surface area contributed by atoms with Crippen LogP contribution in [0.25, 0.3) is 21.0 Å². The zero-order valence-corrected chi connectivity index (χ0v) is 11.2. The molecule has 0 saturated carbocycles. The Morgan fingerprint density at radius 2 is 2.16 bits per heavy atom. The van der Waals surface area contributed by atoms with E-state index in [0.29, 0.717) is 6.54 Å². The third kappa shape index (κ3) is 2.59. The number of benzene rings is 1. The summed E-state index contributed by atoms with van der Waals surface area (Å²) in [6, 6.07) is 12.1. The van der Waals surface area contributed by atoms with Gasteiger partial charge in [-0.15, -0.1) is 17.9 Å². The summed E-state index contributed by atoms with van der Waals surface area (Å²) in [4.78, 5) is 4.58. The molecule has 0 radical (unpaired) electrons. The van der Waals surface area contributed by atoms with Crippen LogP contribution in [0.2, 0.25) is 0 Å². The summed E-state index contributed by atoms with van der Waals surface area (Å²) in [5.74, 6) is 1.74. The smallest absolute Gasteiger partial charge is 0.163 e. The third-order valence-corrected chi connectivity index (χ3v) is 3.81. The summed E-state index contributed by atoms with van der Waals surface area (Å²) in [6.45, 7) is 5.15. The average Bonchev–Trinajstić information content (AvgIpc) is 3.04. The highest BCUT2D eigenvalue weighted by atomic mass is 32.1. The predicted octanol–water partition coefficient (Wildman–Crippen LogP) is 3.83. The Kier molecular flexibility index (Phi) is 3.44. The fourth-order valence-electron chi connectivity index (χ4n) is 1.86. The summed E-state index contributed by atoms with van der Waals surface area (Å²) in [6.07, 6.45) is 1.83. The van der Waals surface area contributed by atoms with Crippen LogP contribution < -0.4 is 5.32 Å². The van der Waals surface area contributed by atoms with E-state index in [1.165, 1.54) is 4.70 Å². The van der Waals surface area contributed by atoms with Gasteiger partial charge in [-0.2, -0.15) is 0 Å². The molecule has 0 amide bonds. The number of aromatic nitrogens is 1. The number of rotatable bonds is 5. The highest BCUT2D eigenvalue weighted by Crippen LogP contribution is 2.30. The van der Waals surface area contributed by atoms with Crippen molar-refractivity contribution in [3.05, 3.63) is 54.8 Å². The minimum atomic E-state index is 0.705. The van der Waals surface area contributed by atoms with Crippen LogP contribution in [0.4, 0.5) is 0 Å². The van der Waals surface area contributed by atoms with Gasteiger partial charge in [0.2, 0.25) is 0 Å². The first-order chi connectivity index (χ1) is 9.36. The monoisotopic (exact) mass is 270 g/mol. The third-order valence-electron chi connectivity index (χ3n) is 2.75. The average molecular weight is 270 g/mol. The lowest BCUT2D eigenvalue weighted by atomic mass is 10.3. The van der Waals surface area contributed by atoms with Crippen LogP contribution in [-0.2, 0) is 6.54 Å². The second-order valence-electron chi connectivity index (χ2n) is 4.17. The van der Waals surface area contributed by atoms with Crippen molar-refractivity contribution in [3.8, 4) is 10.8 Å². The Morgan fingerprint density at radius 3 is 3.00 bits per heavy atom. The largest absolute Gasteiger partial charge is 0.457 e. The highest BCUT2D eigenvalue weighted by Gasteiger charge is 2.09. The molecule has 0 spiro atoms. The Bertz CT molecular complexity index is 666. The molecule has 3 nitrogen and oxygen atoms in total. The first-order valence-electron chi connectivity index (χ1n) is 6.13. The second kappa shape index (κ2) is 5.38. The topological polar surface area (TPSA) is 38.1 Å². The van der Waals surface area contributed by atoms with Crippen LogP contribution in [0.15, 0.2) is 53.5 Å². The number of para-hydroxylation sites is 1. The quantitative estimate of drug-likeness (QED) is 0.565. The number of hydrogen-bond acceptors (Lipinski definition) is 4. The molecule has 3 rings (SSSR count). The van der Waals surface area contributed by atoms with Crippen LogP contribution in [0.3, 0.4) is 0 Å². The molecule has 1 aromatic carbocycles. The maximum Gasteiger partial charge on any atom is 0.163 e. The molecule has 0 aliphatic rings. The number of nitrogens with zero attached hydrogens (tertiary/aromatic N) is 1. The van der Waals surface area contributed by atoms with Gasteiger partial charge in [0.05, 0.1) is 16.8 Å². The van der Waals surface area contributed by atoms with Crippen molar-refractivity contribution < 1.29 is 4.42 Å². The minimum Gasteiger partial charge on any atom is -0.457 e. The van der Waals surface area contributed by atoms with E-state index in [-0.39, 0.29) is 0 Å². The number of thiazole rings is 1. The van der Waals surface area contributed by atoms with Crippen LogP contribution in [-0.4, -0.2) is 11.5 Å². The minimum absolute atomic E-state index is 0.705. The molecule has 0 fully saturated rings. The molecule has 0 bridgehead atoms. The van der Waals surface area contributed by atoms with E-state index >= 15 is 0 Å². The molecule has 19 heavy (non-hydrogen) atoms. The van der Waals surface area contributed by atoms with Gasteiger partial charge in [-0.05, 0) is 24.3 Å². The zero-order chi connectivity index (χ0) is 13.1. The van der Waals surface area contributed by atoms with Crippen molar-refractivity contribution >= 4 is 21.6 Å². The number of hydrogen-bond donors (Lipinski definition) is 1. The highest BCUT2D eigenvalue weighted by molar-refractivity contribution is 7.21. The van der Waals surface area contributed by atoms with E-state index in [4.69, 9.17) is 4.42 Å². The lowest BCUT2D eigenvalue weighted by Gasteiger charge is -1.96. The number of nitrogens with one attached hydrogen (secondary N) is 1. The normalized spacial score (nSPS) is 10.9. The van der Waals surface area contributed by atoms with E-state index in [1.807, 2.05) is 36.4 Å². The lowest BCUT2D eigenvalue weighted by molar-refractivity contribution is 0.502. The van der Waals surface area contributed by atoms with Crippen LogP contribution in [0, 0.1) is 0 Å². The van der Waals surface area contributed by atoms with E-state index in [0.717, 1.165) is 28.6 Å². The predicted molar refractivity (Wildman–Crippen MR) is 79.2 cm³/mol. The summed E-state index contributed by atoms with van der Waals surface area (Å²) >= 11 is 1.65. The maximum absolute atomic E-state index is 5.80. The fourth-order valence-corrected chi connectivity index (χ4v) is 2.79. The molecule has 4 heteroatoms. The molecule has 0 atom stereocenters. The zero-order valence-electron chi connectivity index (χ0n) is 10.4. The van der Waals surface area contributed by atoms with Gasteiger partial charge >= 0.3 is 0 Å². The van der Waals surface area contributed by atoms with Crippen molar-refractivity contribution in [1.82, 2.24) is 10.3 Å². The Balaban J connectivity index is 1.83. The molecular weight excluding hydrogens is 256 g/mol. The van der Waals surface area contributed by atoms with Crippen molar-refractivity contribution in [1.29, 1.82) is 0 Å². The van der Waals surface area contributed by atoms with Crippen molar-refractivity contribution in [3.63, 3.8) is 0 Å². The van der Waals surface area contributed by atoms with E-state index in [9.17, 15) is 0 Å². The SMILES string of the molecule is C=CCNCc1ccc(-c2nc3ccccc3s2)o1. The van der Waals surface area contributed by atoms with Crippen molar-refractivity contribution in [2.45, 2.75) is 6.54 Å². The summed E-state index contributed by atoms with van der Waals surface area (Å²) in [7, 11) is 0. The van der Waals surface area contributed by atoms with Crippen LogP contribution in [0.5, 0.6) is 0 Å². The van der Waals surface area contributed by atoms with Gasteiger partial charge in [0.1, 0.15) is 5.76 Å². The molecule has 3 aromatic rings. The molecule has 0 unspecified atom stereocenters. The molecular formula is C15H14N2OS. The van der Waals surface area contributed by atoms with Crippen LogP contribution in [0.1, 0.15) is 5.76 Å². The van der Waals surface area contributed by atoms with Crippen molar-refractivity contribution in [2.24, 2.45) is 0 Å². The van der Waals surface area contributed by atoms with Gasteiger partial charge < -0.3 is 9.73 Å². The Hall–Kier alpha value is -1.91. The first kappa shape index (κ1) is 12.1. The van der Waals surface area contributed by atoms with Gasteiger partial charge in [0.25, 0.3) is 0 Å². The van der Waals surface area contributed by atoms with Gasteiger partial charge in [0, 0.05) is 6.54 Å². The van der Waals surface area contributed by atoms with Gasteiger partial charge in [0.15, 0.2) is 10.8 Å². The Labute approximate surface area is 115 Å². The van der Waals surface area contributed by atoms with E-state index < -0.39 is 0 Å². The lowest BCUT2D eigenvalue weighted by Crippen LogP contribution is -2.11. The van der Waals surface area contributed by atoms with Crippen LogP contribution >= 0.6 is 11.3 Å². The number of fused-ring (bicyclic) bond motifs is 1. The van der Waals surface area contributed by atoms with Gasteiger partial charge in [-0.3, -0.25) is 0 Å². The summed E-state index contributed by atoms with van der Waals surface area (Å²) < 4.78 is 6.98. The van der Waals surface area contributed by atoms with Gasteiger partial charge in [-0.25, -0.2) is 4.98 Å². The standard InChI is InChI=1S/C15H14N2OS/c1-2-9-16-10-11-7-8-13(18-11)15-17-12-5-3-4-6-14(12)19-15/h2-8,16H,1,9-10H2. The van der Waals surface area contributed by atoms with E-state index in [1.54, 1.807) is 11.3 Å². The molecule has 0 aliphatic heterocycles. The Morgan fingerprint density at radius 1 is 1.26 bits per heavy atom. The molecule has 2 aromatic heterocycles. The molecule has 1 N–H and O–H groups in total.